The zero-order valence-corrected chi connectivity index (χ0v) is 16.8. The fraction of sp³-hybridized carbons (Fsp3) is 0.200. The first-order chi connectivity index (χ1) is 14.2. The first-order valence-corrected chi connectivity index (χ1v) is 9.30. The van der Waals surface area contributed by atoms with Gasteiger partial charge < -0.3 is 15.4 Å². The van der Waals surface area contributed by atoms with Gasteiger partial charge in [0.25, 0.3) is 0 Å². The molecule has 2 aromatic heterocycles. The SMILES string of the molecule is Cl.O=[N+]([O-])c1ncn(CCCCNc2nc(-c3ccccc3)nc3ccccc23)n1. The van der Waals surface area contributed by atoms with Crippen molar-refractivity contribution in [1.82, 2.24) is 24.7 Å². The zero-order valence-electron chi connectivity index (χ0n) is 16.0. The Labute approximate surface area is 178 Å². The lowest BCUT2D eigenvalue weighted by Gasteiger charge is -2.11. The van der Waals surface area contributed by atoms with Gasteiger partial charge in [-0.05, 0) is 29.9 Å². The lowest BCUT2D eigenvalue weighted by atomic mass is 10.2. The molecule has 0 bridgehead atoms. The molecule has 0 radical (unpaired) electrons. The molecule has 2 heterocycles. The minimum absolute atomic E-state index is 0. The highest BCUT2D eigenvalue weighted by Crippen LogP contribution is 2.24. The van der Waals surface area contributed by atoms with Gasteiger partial charge in [0.15, 0.2) is 5.82 Å². The van der Waals surface area contributed by atoms with Crippen molar-refractivity contribution in [2.24, 2.45) is 0 Å². The van der Waals surface area contributed by atoms with Crippen LogP contribution in [0, 0.1) is 10.1 Å². The Kier molecular flexibility index (Phi) is 6.87. The second-order valence-electron chi connectivity index (χ2n) is 6.48. The van der Waals surface area contributed by atoms with E-state index in [1.807, 2.05) is 54.6 Å². The molecule has 0 atom stereocenters. The third-order valence-corrected chi connectivity index (χ3v) is 4.43. The van der Waals surface area contributed by atoms with Crippen LogP contribution in [0.2, 0.25) is 0 Å². The van der Waals surface area contributed by atoms with Gasteiger partial charge in [-0.2, -0.15) is 4.68 Å². The lowest BCUT2D eigenvalue weighted by Crippen LogP contribution is -2.07. The number of anilines is 1. The molecule has 1 N–H and O–H groups in total. The Morgan fingerprint density at radius 3 is 2.53 bits per heavy atom. The summed E-state index contributed by atoms with van der Waals surface area (Å²) in [7, 11) is 0. The van der Waals surface area contributed by atoms with Gasteiger partial charge in [0.1, 0.15) is 5.82 Å². The van der Waals surface area contributed by atoms with Crippen LogP contribution in [-0.4, -0.2) is 36.2 Å². The smallest absolute Gasteiger partial charge is 0.390 e. The number of aromatic nitrogens is 5. The molecule has 10 heteroatoms. The fourth-order valence-electron chi connectivity index (χ4n) is 3.01. The van der Waals surface area contributed by atoms with Crippen LogP contribution in [-0.2, 0) is 6.54 Å². The van der Waals surface area contributed by atoms with E-state index in [9.17, 15) is 10.1 Å². The maximum Gasteiger partial charge on any atom is 0.490 e. The van der Waals surface area contributed by atoms with Gasteiger partial charge in [-0.3, -0.25) is 0 Å². The van der Waals surface area contributed by atoms with Crippen LogP contribution < -0.4 is 5.32 Å². The summed E-state index contributed by atoms with van der Waals surface area (Å²) in [5.41, 5.74) is 1.85. The highest BCUT2D eigenvalue weighted by molar-refractivity contribution is 5.90. The van der Waals surface area contributed by atoms with Gasteiger partial charge in [0.2, 0.25) is 6.33 Å². The van der Waals surface area contributed by atoms with Crippen LogP contribution in [0.1, 0.15) is 12.8 Å². The van der Waals surface area contributed by atoms with E-state index in [2.05, 4.69) is 20.4 Å². The average molecular weight is 426 g/mol. The Balaban J connectivity index is 0.00000256. The van der Waals surface area contributed by atoms with E-state index in [1.165, 1.54) is 11.0 Å². The molecule has 154 valence electrons. The minimum Gasteiger partial charge on any atom is -0.390 e. The van der Waals surface area contributed by atoms with E-state index in [1.54, 1.807) is 0 Å². The number of rotatable bonds is 8. The van der Waals surface area contributed by atoms with E-state index in [-0.39, 0.29) is 18.4 Å². The Hall–Kier alpha value is -3.59. The molecule has 4 rings (SSSR count). The molecule has 0 fully saturated rings. The summed E-state index contributed by atoms with van der Waals surface area (Å²) in [6.07, 6.45) is 3.05. The Morgan fingerprint density at radius 1 is 1.00 bits per heavy atom. The van der Waals surface area contributed by atoms with E-state index in [4.69, 9.17) is 4.98 Å². The first kappa shape index (κ1) is 21.1. The summed E-state index contributed by atoms with van der Waals surface area (Å²) >= 11 is 0. The van der Waals surface area contributed by atoms with Crippen molar-refractivity contribution in [3.8, 4) is 11.4 Å². The van der Waals surface area contributed by atoms with Crippen molar-refractivity contribution in [1.29, 1.82) is 0 Å². The average Bonchev–Trinajstić information content (AvgIpc) is 3.23. The predicted octanol–water partition coefficient (Wildman–Crippen LogP) is 4.11. The molecule has 0 aliphatic heterocycles. The third kappa shape index (κ3) is 4.87. The van der Waals surface area contributed by atoms with Crippen molar-refractivity contribution in [3.05, 3.63) is 71.0 Å². The molecule has 2 aromatic carbocycles. The van der Waals surface area contributed by atoms with Gasteiger partial charge in [0, 0.05) is 22.6 Å². The predicted molar refractivity (Wildman–Crippen MR) is 117 cm³/mol. The molecular weight excluding hydrogens is 406 g/mol. The second-order valence-corrected chi connectivity index (χ2v) is 6.48. The number of unbranched alkanes of at least 4 members (excludes halogenated alkanes) is 1. The number of nitrogens with one attached hydrogen (secondary N) is 1. The van der Waals surface area contributed by atoms with E-state index in [0.717, 1.165) is 35.1 Å². The standard InChI is InChI=1S/C20H19N7O2.ClH/c28-27(29)20-22-14-26(25-20)13-7-6-12-21-19-16-10-4-5-11-17(16)23-18(24-19)15-8-2-1-3-9-15;/h1-5,8-11,14H,6-7,12-13H2,(H,21,23,24);1H. The van der Waals surface area contributed by atoms with E-state index >= 15 is 0 Å². The van der Waals surface area contributed by atoms with Gasteiger partial charge in [-0.1, -0.05) is 47.4 Å². The molecule has 0 aliphatic carbocycles. The van der Waals surface area contributed by atoms with E-state index < -0.39 is 4.92 Å². The van der Waals surface area contributed by atoms with Crippen LogP contribution in [0.25, 0.3) is 22.3 Å². The molecule has 0 unspecified atom stereocenters. The van der Waals surface area contributed by atoms with Crippen LogP contribution in [0.5, 0.6) is 0 Å². The van der Waals surface area contributed by atoms with Crippen molar-refractivity contribution >= 4 is 35.1 Å². The molecule has 30 heavy (non-hydrogen) atoms. The molecular formula is C20H20ClN7O2. The van der Waals surface area contributed by atoms with Crippen molar-refractivity contribution < 1.29 is 4.92 Å². The maximum atomic E-state index is 10.6. The largest absolute Gasteiger partial charge is 0.490 e. The number of nitrogens with zero attached hydrogens (tertiary/aromatic N) is 6. The highest BCUT2D eigenvalue weighted by Gasteiger charge is 2.12. The first-order valence-electron chi connectivity index (χ1n) is 9.30. The summed E-state index contributed by atoms with van der Waals surface area (Å²) in [5, 5.41) is 18.8. The number of hydrogen-bond acceptors (Lipinski definition) is 7. The number of aryl methyl sites for hydroxylation is 1. The summed E-state index contributed by atoms with van der Waals surface area (Å²) in [5.74, 6) is 1.11. The van der Waals surface area contributed by atoms with Crippen LogP contribution >= 0.6 is 12.4 Å². The zero-order chi connectivity index (χ0) is 20.1. The highest BCUT2D eigenvalue weighted by atomic mass is 35.5. The topological polar surface area (TPSA) is 112 Å². The molecule has 0 amide bonds. The number of halogens is 1. The Morgan fingerprint density at radius 2 is 1.77 bits per heavy atom. The van der Waals surface area contributed by atoms with E-state index in [0.29, 0.717) is 18.9 Å². The summed E-state index contributed by atoms with van der Waals surface area (Å²) in [4.78, 5) is 23.1. The van der Waals surface area contributed by atoms with Gasteiger partial charge in [0.05, 0.1) is 12.1 Å². The maximum absolute atomic E-state index is 10.6. The molecule has 0 saturated carbocycles. The van der Waals surface area contributed by atoms with Gasteiger partial charge in [-0.25, -0.2) is 9.97 Å². The number of nitro groups is 1. The van der Waals surface area contributed by atoms with Gasteiger partial charge in [-0.15, -0.1) is 12.4 Å². The van der Waals surface area contributed by atoms with Crippen molar-refractivity contribution in [2.45, 2.75) is 19.4 Å². The summed E-state index contributed by atoms with van der Waals surface area (Å²) < 4.78 is 1.49. The molecule has 9 nitrogen and oxygen atoms in total. The fourth-order valence-corrected chi connectivity index (χ4v) is 3.01. The molecule has 0 aliphatic rings. The number of benzene rings is 2. The van der Waals surface area contributed by atoms with Crippen LogP contribution in [0.4, 0.5) is 11.8 Å². The summed E-state index contributed by atoms with van der Waals surface area (Å²) in [6, 6.07) is 17.8. The molecule has 4 aromatic rings. The molecule has 0 saturated heterocycles. The van der Waals surface area contributed by atoms with Crippen molar-refractivity contribution in [3.63, 3.8) is 0 Å². The third-order valence-electron chi connectivity index (χ3n) is 4.43. The van der Waals surface area contributed by atoms with Crippen LogP contribution in [0.15, 0.2) is 60.9 Å². The number of hydrogen-bond donors (Lipinski definition) is 1. The Bertz CT molecular complexity index is 1130. The molecule has 0 spiro atoms. The number of fused-ring (bicyclic) bond motifs is 1. The second kappa shape index (κ2) is 9.75. The lowest BCUT2D eigenvalue weighted by molar-refractivity contribution is -0.394. The van der Waals surface area contributed by atoms with Crippen molar-refractivity contribution in [2.75, 3.05) is 11.9 Å². The monoisotopic (exact) mass is 425 g/mol. The van der Waals surface area contributed by atoms with Crippen LogP contribution in [0.3, 0.4) is 0 Å². The summed E-state index contributed by atoms with van der Waals surface area (Å²) in [6.45, 7) is 1.29. The van der Waals surface area contributed by atoms with Gasteiger partial charge >= 0.3 is 5.95 Å². The normalized spacial score (nSPS) is 10.5. The number of para-hydroxylation sites is 1. The minimum atomic E-state index is -0.595. The quantitative estimate of drug-likeness (QED) is 0.257.